The second kappa shape index (κ2) is 4.77. The quantitative estimate of drug-likeness (QED) is 0.334. The van der Waals surface area contributed by atoms with Gasteiger partial charge in [-0.3, -0.25) is 0 Å². The summed E-state index contributed by atoms with van der Waals surface area (Å²) in [6.07, 6.45) is 1.61. The number of hydrogen-bond acceptors (Lipinski definition) is 2. The maximum Gasteiger partial charge on any atom is 1.00 e. The summed E-state index contributed by atoms with van der Waals surface area (Å²) < 4.78 is 0. The predicted molar refractivity (Wildman–Crippen MR) is 25.9 cm³/mol. The van der Waals surface area contributed by atoms with Crippen molar-refractivity contribution < 1.29 is 34.7 Å². The maximum absolute atomic E-state index is 10.5. The summed E-state index contributed by atoms with van der Waals surface area (Å²) in [4.78, 5) is 0. The summed E-state index contributed by atoms with van der Waals surface area (Å²) in [6.45, 7) is 1.72. The molecule has 0 radical (unpaired) electrons. The molecule has 3 heteroatoms. The van der Waals surface area contributed by atoms with Crippen LogP contribution in [0.5, 0.6) is 0 Å². The van der Waals surface area contributed by atoms with E-state index in [9.17, 15) is 5.11 Å². The van der Waals surface area contributed by atoms with Crippen molar-refractivity contribution in [3.8, 4) is 0 Å². The first kappa shape index (κ1) is 8.92. The van der Waals surface area contributed by atoms with Crippen LogP contribution in [0.15, 0.2) is 0 Å². The molecule has 1 atom stereocenters. The van der Waals surface area contributed by atoms with Crippen LogP contribution in [-0.2, 0) is 0 Å². The van der Waals surface area contributed by atoms with E-state index in [1.807, 2.05) is 0 Å². The Labute approximate surface area is 72.0 Å². The van der Waals surface area contributed by atoms with E-state index in [1.54, 1.807) is 0 Å². The fourth-order valence-electron chi connectivity index (χ4n) is 0.820. The Kier molecular flexibility index (Phi) is 5.31. The van der Waals surface area contributed by atoms with Gasteiger partial charge in [0.25, 0.3) is 0 Å². The summed E-state index contributed by atoms with van der Waals surface area (Å²) in [6, 6.07) is 0. The normalized spacial score (nSPS) is 28.9. The molecule has 1 N–H and O–H groups in total. The van der Waals surface area contributed by atoms with Gasteiger partial charge in [0.05, 0.1) is 0 Å². The molecule has 0 saturated carbocycles. The van der Waals surface area contributed by atoms with Crippen molar-refractivity contribution in [2.24, 2.45) is 0 Å². The van der Waals surface area contributed by atoms with Gasteiger partial charge in [0, 0.05) is 0 Å². The van der Waals surface area contributed by atoms with Crippen molar-refractivity contribution in [1.29, 1.82) is 0 Å². The molecule has 1 saturated heterocycles. The van der Waals surface area contributed by atoms with Gasteiger partial charge >= 0.3 is 29.6 Å². The molecule has 0 aromatic carbocycles. The van der Waals surface area contributed by atoms with Gasteiger partial charge in [0.15, 0.2) is 0 Å². The molecule has 0 aromatic rings. The number of hydrogen-bond donors (Lipinski definition) is 1. The largest absolute Gasteiger partial charge is 1.00 e. The monoisotopic (exact) mass is 123 g/mol. The number of rotatable bonds is 0. The Morgan fingerprint density at radius 2 is 2.25 bits per heavy atom. The van der Waals surface area contributed by atoms with Crippen LogP contribution in [0.3, 0.4) is 0 Å². The summed E-state index contributed by atoms with van der Waals surface area (Å²) in [5.74, 6) is 0. The van der Waals surface area contributed by atoms with Gasteiger partial charge in [0.2, 0.25) is 0 Å². The first-order valence-corrected chi connectivity index (χ1v) is 2.76. The molecule has 1 aliphatic rings. The van der Waals surface area contributed by atoms with E-state index in [-0.39, 0.29) is 35.7 Å². The van der Waals surface area contributed by atoms with Gasteiger partial charge in [-0.15, -0.1) is 6.10 Å². The van der Waals surface area contributed by atoms with Crippen LogP contribution < -0.4 is 40.0 Å². The van der Waals surface area contributed by atoms with E-state index >= 15 is 0 Å². The minimum atomic E-state index is -0.325. The molecule has 1 aliphatic heterocycles. The van der Waals surface area contributed by atoms with Crippen molar-refractivity contribution in [1.82, 2.24) is 5.32 Å². The molecule has 1 unspecified atom stereocenters. The molecule has 0 aliphatic carbocycles. The Balaban J connectivity index is 0.000000490. The van der Waals surface area contributed by atoms with E-state index in [0.29, 0.717) is 6.54 Å². The fraction of sp³-hybridized carbons (Fsp3) is 1.00. The zero-order chi connectivity index (χ0) is 5.11. The minimum Gasteiger partial charge on any atom is -0.851 e. The van der Waals surface area contributed by atoms with E-state index in [2.05, 4.69) is 5.32 Å². The molecule has 1 fully saturated rings. The summed E-state index contributed by atoms with van der Waals surface area (Å²) in [7, 11) is 0. The Hall–Kier alpha value is 0.920. The molecule has 0 amide bonds. The van der Waals surface area contributed by atoms with E-state index in [4.69, 9.17) is 0 Å². The predicted octanol–water partition coefficient (Wildman–Crippen LogP) is -3.90. The third-order valence-corrected chi connectivity index (χ3v) is 1.25. The van der Waals surface area contributed by atoms with Gasteiger partial charge in [-0.2, -0.15) is 0 Å². The van der Waals surface area contributed by atoms with Crippen molar-refractivity contribution >= 4 is 0 Å². The molecule has 2 nitrogen and oxygen atoms in total. The van der Waals surface area contributed by atoms with Crippen LogP contribution in [0.2, 0.25) is 0 Å². The van der Waals surface area contributed by atoms with Crippen molar-refractivity contribution in [3.05, 3.63) is 0 Å². The van der Waals surface area contributed by atoms with Gasteiger partial charge < -0.3 is 10.4 Å². The van der Waals surface area contributed by atoms with Crippen LogP contribution in [0.4, 0.5) is 0 Å². The van der Waals surface area contributed by atoms with Gasteiger partial charge in [-0.25, -0.2) is 0 Å². The fourth-order valence-corrected chi connectivity index (χ4v) is 0.820. The molecular weight excluding hydrogens is 113 g/mol. The van der Waals surface area contributed by atoms with Gasteiger partial charge in [-0.05, 0) is 19.5 Å². The third-order valence-electron chi connectivity index (χ3n) is 1.25. The molecule has 0 bridgehead atoms. The second-order valence-electron chi connectivity index (χ2n) is 1.97. The molecule has 1 heterocycles. The number of nitrogens with one attached hydrogen (secondary N) is 1. The molecule has 42 valence electrons. The number of piperidine rings is 1. The SMILES string of the molecule is [Na+].[O-]C1CCCNC1. The van der Waals surface area contributed by atoms with Crippen LogP contribution >= 0.6 is 0 Å². The molecular formula is C5H10NNaO. The van der Waals surface area contributed by atoms with Crippen LogP contribution in [0.25, 0.3) is 0 Å². The molecule has 8 heavy (non-hydrogen) atoms. The summed E-state index contributed by atoms with van der Waals surface area (Å²) in [5.41, 5.74) is 0. The first-order valence-electron chi connectivity index (χ1n) is 2.76. The second-order valence-corrected chi connectivity index (χ2v) is 1.97. The maximum atomic E-state index is 10.5. The Morgan fingerprint density at radius 1 is 1.50 bits per heavy atom. The van der Waals surface area contributed by atoms with Crippen molar-refractivity contribution in [3.63, 3.8) is 0 Å². The smallest absolute Gasteiger partial charge is 0.851 e. The average Bonchev–Trinajstić information content (AvgIpc) is 1.69. The Morgan fingerprint density at radius 3 is 2.50 bits per heavy atom. The van der Waals surface area contributed by atoms with Gasteiger partial charge in [0.1, 0.15) is 0 Å². The molecule has 1 rings (SSSR count). The molecule has 0 aromatic heterocycles. The zero-order valence-corrected chi connectivity index (χ0v) is 7.31. The Bertz CT molecular complexity index is 54.4. The van der Waals surface area contributed by atoms with E-state index in [0.717, 1.165) is 19.4 Å². The van der Waals surface area contributed by atoms with E-state index in [1.165, 1.54) is 0 Å². The van der Waals surface area contributed by atoms with E-state index < -0.39 is 0 Å². The first-order chi connectivity index (χ1) is 3.39. The minimum absolute atomic E-state index is 0. The molecule has 0 spiro atoms. The van der Waals surface area contributed by atoms with Crippen LogP contribution in [0.1, 0.15) is 12.8 Å². The average molecular weight is 123 g/mol. The van der Waals surface area contributed by atoms with Crippen LogP contribution in [-0.4, -0.2) is 19.2 Å². The standard InChI is InChI=1S/C5H10NO.Na/c7-5-2-1-3-6-4-5;/h5-6H,1-4H2;/q-1;+1. The van der Waals surface area contributed by atoms with Crippen molar-refractivity contribution in [2.45, 2.75) is 18.9 Å². The summed E-state index contributed by atoms with van der Waals surface area (Å²) in [5, 5.41) is 13.5. The van der Waals surface area contributed by atoms with Gasteiger partial charge in [-0.1, -0.05) is 6.42 Å². The summed E-state index contributed by atoms with van der Waals surface area (Å²) >= 11 is 0. The zero-order valence-electron chi connectivity index (χ0n) is 5.31. The van der Waals surface area contributed by atoms with Crippen molar-refractivity contribution in [2.75, 3.05) is 13.1 Å². The topological polar surface area (TPSA) is 35.1 Å². The van der Waals surface area contributed by atoms with Crippen LogP contribution in [0, 0.1) is 0 Å². The third kappa shape index (κ3) is 3.05.